The molecule has 2 rings (SSSR count). The minimum absolute atomic E-state index is 0.259. The molecule has 0 aromatic heterocycles. The minimum Gasteiger partial charge on any atom is -0.463 e. The molecule has 0 bridgehead atoms. The molecule has 2 aromatic carbocycles. The highest BCUT2D eigenvalue weighted by Crippen LogP contribution is 2.21. The average Bonchev–Trinajstić information content (AvgIpc) is 2.38. The van der Waals surface area contributed by atoms with E-state index < -0.39 is 0 Å². The largest absolute Gasteiger partial charge is 0.463 e. The van der Waals surface area contributed by atoms with Crippen LogP contribution in [-0.2, 0) is 16.1 Å². The molecular weight excluding hydrogens is 216 g/mol. The molecule has 0 heterocycles. The molecule has 17 heavy (non-hydrogen) atoms. The van der Waals surface area contributed by atoms with E-state index in [0.717, 1.165) is 17.1 Å². The Labute approximate surface area is 99.6 Å². The Bertz CT molecular complexity index is 480. The Balaban J connectivity index is 2.08. The van der Waals surface area contributed by atoms with E-state index in [2.05, 4.69) is 4.74 Å². The Kier molecular flexibility index (Phi) is 3.76. The number of hydrogen-bond acceptors (Lipinski definition) is 3. The second-order valence-electron chi connectivity index (χ2n) is 3.47. The van der Waals surface area contributed by atoms with Crippen molar-refractivity contribution in [3.63, 3.8) is 0 Å². The van der Waals surface area contributed by atoms with Crippen molar-refractivity contribution in [3.05, 3.63) is 60.2 Å². The molecule has 0 saturated carbocycles. The van der Waals surface area contributed by atoms with E-state index in [1.807, 2.05) is 54.6 Å². The standard InChI is InChI=1S/C14H12O3/c15-11-16-10-12-5-4-8-14(9-12)17-13-6-2-1-3-7-13/h1-9,11H,10H2. The van der Waals surface area contributed by atoms with Crippen molar-refractivity contribution < 1.29 is 14.3 Å². The molecule has 0 aliphatic rings. The summed E-state index contributed by atoms with van der Waals surface area (Å²) in [5.41, 5.74) is 0.894. The molecule has 0 saturated heterocycles. The van der Waals surface area contributed by atoms with Crippen LogP contribution < -0.4 is 4.74 Å². The van der Waals surface area contributed by atoms with Gasteiger partial charge >= 0.3 is 0 Å². The zero-order valence-corrected chi connectivity index (χ0v) is 9.21. The fraction of sp³-hybridized carbons (Fsp3) is 0.0714. The monoisotopic (exact) mass is 228 g/mol. The lowest BCUT2D eigenvalue weighted by Gasteiger charge is -2.06. The van der Waals surface area contributed by atoms with Crippen LogP contribution in [0.3, 0.4) is 0 Å². The van der Waals surface area contributed by atoms with Crippen molar-refractivity contribution >= 4 is 6.47 Å². The van der Waals surface area contributed by atoms with Gasteiger partial charge in [-0.3, -0.25) is 4.79 Å². The normalized spacial score (nSPS) is 9.65. The molecule has 0 fully saturated rings. The summed E-state index contributed by atoms with van der Waals surface area (Å²) in [4.78, 5) is 10.1. The zero-order chi connectivity index (χ0) is 11.9. The number of carbonyl (C=O) groups excluding carboxylic acids is 1. The van der Waals surface area contributed by atoms with Gasteiger partial charge in [0.15, 0.2) is 0 Å². The van der Waals surface area contributed by atoms with Gasteiger partial charge < -0.3 is 9.47 Å². The van der Waals surface area contributed by atoms with Gasteiger partial charge in [-0.1, -0.05) is 30.3 Å². The van der Waals surface area contributed by atoms with E-state index >= 15 is 0 Å². The van der Waals surface area contributed by atoms with Gasteiger partial charge in [-0.25, -0.2) is 0 Å². The predicted octanol–water partition coefficient (Wildman–Crippen LogP) is 3.15. The topological polar surface area (TPSA) is 35.5 Å². The summed E-state index contributed by atoms with van der Waals surface area (Å²) in [5, 5.41) is 0. The predicted molar refractivity (Wildman–Crippen MR) is 63.8 cm³/mol. The third kappa shape index (κ3) is 3.34. The number of carbonyl (C=O) groups is 1. The van der Waals surface area contributed by atoms with Crippen LogP contribution in [0.1, 0.15) is 5.56 Å². The van der Waals surface area contributed by atoms with Crippen LogP contribution in [0.4, 0.5) is 0 Å². The van der Waals surface area contributed by atoms with Gasteiger partial charge in [0.1, 0.15) is 18.1 Å². The maximum Gasteiger partial charge on any atom is 0.293 e. The number of hydrogen-bond donors (Lipinski definition) is 0. The highest BCUT2D eigenvalue weighted by atomic mass is 16.5. The number of ether oxygens (including phenoxy) is 2. The molecule has 86 valence electrons. The van der Waals surface area contributed by atoms with Crippen LogP contribution in [0.25, 0.3) is 0 Å². The van der Waals surface area contributed by atoms with Crippen molar-refractivity contribution in [2.45, 2.75) is 6.61 Å². The molecule has 0 atom stereocenters. The van der Waals surface area contributed by atoms with E-state index in [-0.39, 0.29) is 6.61 Å². The molecule has 2 aromatic rings. The van der Waals surface area contributed by atoms with Crippen LogP contribution in [0.5, 0.6) is 11.5 Å². The highest BCUT2D eigenvalue weighted by molar-refractivity contribution is 5.38. The molecule has 3 heteroatoms. The lowest BCUT2D eigenvalue weighted by Crippen LogP contribution is -1.91. The van der Waals surface area contributed by atoms with E-state index in [9.17, 15) is 4.79 Å². The Morgan fingerprint density at radius 2 is 1.71 bits per heavy atom. The lowest BCUT2D eigenvalue weighted by molar-refractivity contribution is -0.129. The van der Waals surface area contributed by atoms with Gasteiger partial charge in [0.2, 0.25) is 0 Å². The average molecular weight is 228 g/mol. The van der Waals surface area contributed by atoms with Crippen molar-refractivity contribution in [2.24, 2.45) is 0 Å². The Hall–Kier alpha value is -2.29. The second kappa shape index (κ2) is 5.70. The summed E-state index contributed by atoms with van der Waals surface area (Å²) >= 11 is 0. The second-order valence-corrected chi connectivity index (χ2v) is 3.47. The summed E-state index contributed by atoms with van der Waals surface area (Å²) in [6, 6.07) is 17.0. The summed E-state index contributed by atoms with van der Waals surface area (Å²) < 4.78 is 10.3. The van der Waals surface area contributed by atoms with Gasteiger partial charge in [0.05, 0.1) is 0 Å². The van der Waals surface area contributed by atoms with Crippen LogP contribution in [0, 0.1) is 0 Å². The van der Waals surface area contributed by atoms with Crippen molar-refractivity contribution in [3.8, 4) is 11.5 Å². The molecule has 0 amide bonds. The van der Waals surface area contributed by atoms with E-state index in [1.165, 1.54) is 0 Å². The van der Waals surface area contributed by atoms with Crippen LogP contribution in [-0.4, -0.2) is 6.47 Å². The molecule has 0 aliphatic carbocycles. The van der Waals surface area contributed by atoms with Crippen molar-refractivity contribution in [1.29, 1.82) is 0 Å². The summed E-state index contributed by atoms with van der Waals surface area (Å²) in [6.45, 7) is 0.695. The Morgan fingerprint density at radius 3 is 2.47 bits per heavy atom. The quantitative estimate of drug-likeness (QED) is 0.737. The smallest absolute Gasteiger partial charge is 0.293 e. The van der Waals surface area contributed by atoms with Crippen LogP contribution in [0.2, 0.25) is 0 Å². The fourth-order valence-electron chi connectivity index (χ4n) is 1.45. The number of para-hydroxylation sites is 1. The summed E-state index contributed by atoms with van der Waals surface area (Å²) in [5.74, 6) is 1.50. The number of benzene rings is 2. The first kappa shape index (κ1) is 11.2. The van der Waals surface area contributed by atoms with Gasteiger partial charge in [0.25, 0.3) is 6.47 Å². The first-order valence-electron chi connectivity index (χ1n) is 5.25. The molecule has 0 unspecified atom stereocenters. The maximum atomic E-state index is 10.1. The Morgan fingerprint density at radius 1 is 0.941 bits per heavy atom. The maximum absolute atomic E-state index is 10.1. The third-order valence-electron chi connectivity index (χ3n) is 2.20. The summed E-state index contributed by atoms with van der Waals surface area (Å²) in [7, 11) is 0. The fourth-order valence-corrected chi connectivity index (χ4v) is 1.45. The minimum atomic E-state index is 0.259. The first-order chi connectivity index (χ1) is 8.38. The number of rotatable bonds is 5. The summed E-state index contributed by atoms with van der Waals surface area (Å²) in [6.07, 6.45) is 0. The zero-order valence-electron chi connectivity index (χ0n) is 9.21. The van der Waals surface area contributed by atoms with E-state index in [4.69, 9.17) is 4.74 Å². The van der Waals surface area contributed by atoms with Gasteiger partial charge in [0, 0.05) is 0 Å². The highest BCUT2D eigenvalue weighted by Gasteiger charge is 1.98. The molecule has 0 radical (unpaired) electrons. The van der Waals surface area contributed by atoms with Gasteiger partial charge in [-0.15, -0.1) is 0 Å². The molecule has 3 nitrogen and oxygen atoms in total. The van der Waals surface area contributed by atoms with E-state index in [1.54, 1.807) is 0 Å². The molecule has 0 N–H and O–H groups in total. The van der Waals surface area contributed by atoms with Crippen LogP contribution >= 0.6 is 0 Å². The first-order valence-corrected chi connectivity index (χ1v) is 5.25. The van der Waals surface area contributed by atoms with Gasteiger partial charge in [-0.05, 0) is 29.8 Å². The van der Waals surface area contributed by atoms with Crippen LogP contribution in [0.15, 0.2) is 54.6 Å². The third-order valence-corrected chi connectivity index (χ3v) is 2.20. The SMILES string of the molecule is O=COCc1cccc(Oc2ccccc2)c1. The van der Waals surface area contributed by atoms with Crippen molar-refractivity contribution in [2.75, 3.05) is 0 Å². The van der Waals surface area contributed by atoms with Gasteiger partial charge in [-0.2, -0.15) is 0 Å². The lowest BCUT2D eigenvalue weighted by atomic mass is 10.2. The molecule has 0 aliphatic heterocycles. The van der Waals surface area contributed by atoms with E-state index in [0.29, 0.717) is 6.47 Å². The molecular formula is C14H12O3. The van der Waals surface area contributed by atoms with Crippen molar-refractivity contribution in [1.82, 2.24) is 0 Å². The molecule has 0 spiro atoms.